The first kappa shape index (κ1) is 17.8. The molecule has 2 amide bonds. The van der Waals surface area contributed by atoms with E-state index in [4.69, 9.17) is 0 Å². The molecule has 3 heterocycles. The van der Waals surface area contributed by atoms with E-state index in [1.54, 1.807) is 4.90 Å². The number of likely N-dealkylation sites (tertiary alicyclic amines) is 1. The number of aromatic nitrogens is 1. The summed E-state index contributed by atoms with van der Waals surface area (Å²) in [5, 5.41) is 0. The van der Waals surface area contributed by atoms with E-state index in [1.807, 2.05) is 26.5 Å². The molecule has 1 aromatic heterocycles. The van der Waals surface area contributed by atoms with E-state index >= 15 is 0 Å². The summed E-state index contributed by atoms with van der Waals surface area (Å²) < 4.78 is 0. The zero-order valence-corrected chi connectivity index (χ0v) is 16.6. The number of hydrogen-bond donors (Lipinski definition) is 0. The van der Waals surface area contributed by atoms with Crippen molar-refractivity contribution in [1.82, 2.24) is 14.8 Å². The van der Waals surface area contributed by atoms with Crippen LogP contribution in [0.25, 0.3) is 0 Å². The molecule has 1 aromatic carbocycles. The van der Waals surface area contributed by atoms with Gasteiger partial charge in [-0.1, -0.05) is 24.3 Å². The molecule has 2 aliphatic heterocycles. The molecule has 0 bridgehead atoms. The van der Waals surface area contributed by atoms with Crippen LogP contribution in [-0.2, 0) is 0 Å². The molecule has 4 rings (SSSR count). The van der Waals surface area contributed by atoms with Gasteiger partial charge < -0.3 is 14.7 Å². The molecule has 2 aromatic rings. The predicted octanol–water partition coefficient (Wildman–Crippen LogP) is 3.49. The quantitative estimate of drug-likeness (QED) is 0.819. The van der Waals surface area contributed by atoms with Crippen molar-refractivity contribution in [3.8, 4) is 0 Å². The number of aryl methyl sites for hydroxylation is 2. The van der Waals surface area contributed by atoms with Gasteiger partial charge in [0.25, 0.3) is 0 Å². The molecule has 27 heavy (non-hydrogen) atoms. The molecular weight excluding hydrogens is 336 g/mol. The number of benzene rings is 1. The zero-order valence-electron chi connectivity index (χ0n) is 16.6. The standard InChI is InChI=1S/C22H28N4O/c1-15-7-5-6-8-18(15)21-19-14-25(20-9-10-23-11-16(20)2)12-17(19)13-26(21)22(27)24(3)4/h5-11,17,19,21H,12-14H2,1-4H3/t17-,19-,21+/m1/s1. The van der Waals surface area contributed by atoms with Gasteiger partial charge >= 0.3 is 6.03 Å². The molecule has 2 aliphatic rings. The summed E-state index contributed by atoms with van der Waals surface area (Å²) in [7, 11) is 3.69. The SMILES string of the molecule is Cc1ccccc1[C@H]1[C@@H]2CN(c3ccncc3C)C[C@@H]2CN1C(=O)N(C)C. The van der Waals surface area contributed by atoms with Crippen molar-refractivity contribution in [2.75, 3.05) is 38.6 Å². The van der Waals surface area contributed by atoms with Crippen LogP contribution in [0.4, 0.5) is 10.5 Å². The van der Waals surface area contributed by atoms with Crippen molar-refractivity contribution < 1.29 is 4.79 Å². The van der Waals surface area contributed by atoms with Gasteiger partial charge in [0.05, 0.1) is 6.04 Å². The van der Waals surface area contributed by atoms with Gasteiger partial charge in [-0.25, -0.2) is 4.79 Å². The first-order chi connectivity index (χ1) is 13.0. The fraction of sp³-hybridized carbons (Fsp3) is 0.455. The number of rotatable bonds is 2. The van der Waals surface area contributed by atoms with Crippen LogP contribution < -0.4 is 4.90 Å². The number of amides is 2. The van der Waals surface area contributed by atoms with E-state index in [1.165, 1.54) is 22.4 Å². The average Bonchev–Trinajstić information content (AvgIpc) is 3.20. The number of anilines is 1. The Hall–Kier alpha value is -2.56. The average molecular weight is 364 g/mol. The Bertz CT molecular complexity index is 850. The molecule has 0 spiro atoms. The third kappa shape index (κ3) is 3.05. The van der Waals surface area contributed by atoms with E-state index in [0.717, 1.165) is 19.6 Å². The highest BCUT2D eigenvalue weighted by Crippen LogP contribution is 2.47. The van der Waals surface area contributed by atoms with Crippen LogP contribution in [0.5, 0.6) is 0 Å². The van der Waals surface area contributed by atoms with Gasteiger partial charge in [-0.2, -0.15) is 0 Å². The minimum atomic E-state index is 0.115. The molecule has 0 saturated carbocycles. The van der Waals surface area contributed by atoms with Gasteiger partial charge in [-0.3, -0.25) is 4.98 Å². The van der Waals surface area contributed by atoms with Crippen LogP contribution in [0.1, 0.15) is 22.7 Å². The molecule has 142 valence electrons. The first-order valence-corrected chi connectivity index (χ1v) is 9.66. The number of urea groups is 1. The fourth-order valence-electron chi connectivity index (χ4n) is 4.83. The van der Waals surface area contributed by atoms with Crippen molar-refractivity contribution in [2.45, 2.75) is 19.9 Å². The van der Waals surface area contributed by atoms with E-state index in [2.05, 4.69) is 59.0 Å². The Morgan fingerprint density at radius 1 is 1.07 bits per heavy atom. The number of pyridine rings is 1. The second-order valence-corrected chi connectivity index (χ2v) is 8.12. The Morgan fingerprint density at radius 3 is 2.56 bits per heavy atom. The Kier molecular flexibility index (Phi) is 4.54. The van der Waals surface area contributed by atoms with Crippen molar-refractivity contribution in [2.24, 2.45) is 11.8 Å². The molecule has 0 N–H and O–H groups in total. The third-order valence-corrected chi connectivity index (χ3v) is 6.13. The molecule has 0 radical (unpaired) electrons. The maximum absolute atomic E-state index is 12.9. The highest BCUT2D eigenvalue weighted by atomic mass is 16.2. The first-order valence-electron chi connectivity index (χ1n) is 9.66. The molecule has 5 heteroatoms. The molecule has 2 fully saturated rings. The summed E-state index contributed by atoms with van der Waals surface area (Å²) in [5.74, 6) is 0.939. The Labute approximate surface area is 161 Å². The van der Waals surface area contributed by atoms with Gasteiger partial charge in [-0.15, -0.1) is 0 Å². The van der Waals surface area contributed by atoms with Crippen LogP contribution in [-0.4, -0.2) is 54.5 Å². The number of hydrogen-bond acceptors (Lipinski definition) is 3. The summed E-state index contributed by atoms with van der Waals surface area (Å²) >= 11 is 0. The van der Waals surface area contributed by atoms with Gasteiger partial charge in [0.1, 0.15) is 0 Å². The summed E-state index contributed by atoms with van der Waals surface area (Å²) in [5.41, 5.74) is 5.03. The lowest BCUT2D eigenvalue weighted by atomic mass is 9.88. The highest BCUT2D eigenvalue weighted by molar-refractivity contribution is 5.75. The minimum Gasteiger partial charge on any atom is -0.370 e. The van der Waals surface area contributed by atoms with Gasteiger partial charge in [0.15, 0.2) is 0 Å². The lowest BCUT2D eigenvalue weighted by molar-refractivity contribution is 0.159. The monoisotopic (exact) mass is 364 g/mol. The summed E-state index contributed by atoms with van der Waals surface area (Å²) in [4.78, 5) is 23.4. The van der Waals surface area contributed by atoms with Crippen LogP contribution in [0.15, 0.2) is 42.7 Å². The number of carbonyl (C=O) groups excluding carboxylic acids is 1. The van der Waals surface area contributed by atoms with Crippen molar-refractivity contribution in [3.63, 3.8) is 0 Å². The largest absolute Gasteiger partial charge is 0.370 e. The fourth-order valence-corrected chi connectivity index (χ4v) is 4.83. The van der Waals surface area contributed by atoms with E-state index in [9.17, 15) is 4.79 Å². The molecule has 5 nitrogen and oxygen atoms in total. The maximum atomic E-state index is 12.9. The lowest BCUT2D eigenvalue weighted by Gasteiger charge is -2.33. The molecule has 0 unspecified atom stereocenters. The molecule has 2 saturated heterocycles. The van der Waals surface area contributed by atoms with Crippen LogP contribution in [0, 0.1) is 25.7 Å². The number of fused-ring (bicyclic) bond motifs is 1. The summed E-state index contributed by atoms with van der Waals surface area (Å²) in [6, 6.07) is 10.9. The van der Waals surface area contributed by atoms with Gasteiger partial charge in [0.2, 0.25) is 0 Å². The number of carbonyl (C=O) groups is 1. The smallest absolute Gasteiger partial charge is 0.320 e. The van der Waals surface area contributed by atoms with Crippen molar-refractivity contribution in [3.05, 3.63) is 59.4 Å². The van der Waals surface area contributed by atoms with E-state index in [0.29, 0.717) is 11.8 Å². The topological polar surface area (TPSA) is 39.7 Å². The summed E-state index contributed by atoms with van der Waals surface area (Å²) in [6.07, 6.45) is 3.81. The lowest BCUT2D eigenvalue weighted by Crippen LogP contribution is -2.41. The summed E-state index contributed by atoms with van der Waals surface area (Å²) in [6.45, 7) is 7.07. The normalized spacial score (nSPS) is 24.2. The van der Waals surface area contributed by atoms with Gasteiger partial charge in [0, 0.05) is 63.6 Å². The second-order valence-electron chi connectivity index (χ2n) is 8.12. The second kappa shape index (κ2) is 6.87. The van der Waals surface area contributed by atoms with E-state index in [-0.39, 0.29) is 12.1 Å². The van der Waals surface area contributed by atoms with Crippen molar-refractivity contribution in [1.29, 1.82) is 0 Å². The Morgan fingerprint density at radius 2 is 1.85 bits per heavy atom. The Balaban J connectivity index is 1.68. The third-order valence-electron chi connectivity index (χ3n) is 6.13. The molecular formula is C22H28N4O. The minimum absolute atomic E-state index is 0.115. The predicted molar refractivity (Wildman–Crippen MR) is 108 cm³/mol. The number of nitrogens with zero attached hydrogens (tertiary/aromatic N) is 4. The van der Waals surface area contributed by atoms with Crippen molar-refractivity contribution >= 4 is 11.7 Å². The van der Waals surface area contributed by atoms with Crippen LogP contribution in [0.3, 0.4) is 0 Å². The van der Waals surface area contributed by atoms with Crippen LogP contribution in [0.2, 0.25) is 0 Å². The molecule has 3 atom stereocenters. The van der Waals surface area contributed by atoms with E-state index < -0.39 is 0 Å². The zero-order chi connectivity index (χ0) is 19.1. The molecule has 0 aliphatic carbocycles. The highest BCUT2D eigenvalue weighted by Gasteiger charge is 2.50. The van der Waals surface area contributed by atoms with Crippen LogP contribution >= 0.6 is 0 Å². The maximum Gasteiger partial charge on any atom is 0.320 e. The van der Waals surface area contributed by atoms with Gasteiger partial charge in [-0.05, 0) is 36.6 Å².